The average molecular weight is 887 g/mol. The Morgan fingerprint density at radius 1 is 0.317 bits per heavy atom. The molecule has 0 saturated heterocycles. The average Bonchev–Trinajstić information content (AvgIpc) is 3.28. The van der Waals surface area contributed by atoms with Crippen molar-refractivity contribution >= 4 is 17.9 Å². The second-order valence-corrected chi connectivity index (χ2v) is 18.9. The van der Waals surface area contributed by atoms with Crippen molar-refractivity contribution in [3.05, 3.63) is 24.3 Å². The molecular weight excluding hydrogens is 781 g/mol. The molecule has 0 aliphatic heterocycles. The topological polar surface area (TPSA) is 78.9 Å². The van der Waals surface area contributed by atoms with Gasteiger partial charge in [-0.3, -0.25) is 14.4 Å². The summed E-state index contributed by atoms with van der Waals surface area (Å²) in [5.74, 6) is -0.862. The van der Waals surface area contributed by atoms with Gasteiger partial charge in [-0.2, -0.15) is 0 Å². The highest BCUT2D eigenvalue weighted by Gasteiger charge is 2.19. The Balaban J connectivity index is 4.06. The van der Waals surface area contributed by atoms with E-state index in [1.165, 1.54) is 199 Å². The highest BCUT2D eigenvalue weighted by Crippen LogP contribution is 2.16. The van der Waals surface area contributed by atoms with Crippen molar-refractivity contribution < 1.29 is 28.6 Å². The van der Waals surface area contributed by atoms with Gasteiger partial charge >= 0.3 is 17.9 Å². The van der Waals surface area contributed by atoms with Crippen LogP contribution in [0.1, 0.15) is 303 Å². The van der Waals surface area contributed by atoms with E-state index in [0.717, 1.165) is 64.2 Å². The van der Waals surface area contributed by atoms with Crippen molar-refractivity contribution in [2.24, 2.45) is 0 Å². The largest absolute Gasteiger partial charge is 0.462 e. The molecule has 0 saturated carbocycles. The van der Waals surface area contributed by atoms with Crippen LogP contribution in [0.25, 0.3) is 0 Å². The SMILES string of the molecule is CCCCCCC/C=C\C/C=C\CCCCCCCCCCCCCCCC(=O)OCC(COC(=O)CCCCCCCC)OC(=O)CCCCCCCCCCCCCCCC. The van der Waals surface area contributed by atoms with E-state index in [2.05, 4.69) is 45.1 Å². The Morgan fingerprint density at radius 2 is 0.571 bits per heavy atom. The summed E-state index contributed by atoms with van der Waals surface area (Å²) in [6.07, 6.45) is 60.6. The fourth-order valence-electron chi connectivity index (χ4n) is 8.24. The minimum Gasteiger partial charge on any atom is -0.462 e. The van der Waals surface area contributed by atoms with Crippen LogP contribution in [0.4, 0.5) is 0 Å². The number of esters is 3. The summed E-state index contributed by atoms with van der Waals surface area (Å²) in [5.41, 5.74) is 0. The highest BCUT2D eigenvalue weighted by atomic mass is 16.6. The van der Waals surface area contributed by atoms with Crippen molar-refractivity contribution in [1.29, 1.82) is 0 Å². The number of allylic oxidation sites excluding steroid dienone is 4. The quantitative estimate of drug-likeness (QED) is 0.0262. The predicted molar refractivity (Wildman–Crippen MR) is 270 cm³/mol. The molecule has 0 aliphatic carbocycles. The number of rotatable bonds is 51. The lowest BCUT2D eigenvalue weighted by Gasteiger charge is -2.18. The zero-order chi connectivity index (χ0) is 45.8. The molecule has 1 unspecified atom stereocenters. The Labute approximate surface area is 392 Å². The second kappa shape index (κ2) is 52.5. The number of carbonyl (C=O) groups is 3. The van der Waals surface area contributed by atoms with E-state index in [1.54, 1.807) is 0 Å². The third-order valence-electron chi connectivity index (χ3n) is 12.5. The van der Waals surface area contributed by atoms with Crippen molar-refractivity contribution in [1.82, 2.24) is 0 Å². The highest BCUT2D eigenvalue weighted by molar-refractivity contribution is 5.71. The number of hydrogen-bond acceptors (Lipinski definition) is 6. The molecule has 63 heavy (non-hydrogen) atoms. The monoisotopic (exact) mass is 887 g/mol. The molecule has 0 rings (SSSR count). The molecule has 0 bridgehead atoms. The first-order chi connectivity index (χ1) is 31.0. The first kappa shape index (κ1) is 60.9. The molecule has 0 aromatic carbocycles. The molecule has 0 aliphatic rings. The molecule has 6 heteroatoms. The Hall–Kier alpha value is -2.11. The van der Waals surface area contributed by atoms with Crippen LogP contribution in [0.3, 0.4) is 0 Å². The van der Waals surface area contributed by atoms with Crippen molar-refractivity contribution in [3.63, 3.8) is 0 Å². The first-order valence-electron chi connectivity index (χ1n) is 27.8. The van der Waals surface area contributed by atoms with E-state index < -0.39 is 6.10 Å². The second-order valence-electron chi connectivity index (χ2n) is 18.9. The van der Waals surface area contributed by atoms with Gasteiger partial charge in [0.2, 0.25) is 0 Å². The van der Waals surface area contributed by atoms with Crippen LogP contribution in [0.2, 0.25) is 0 Å². The number of carbonyl (C=O) groups excluding carboxylic acids is 3. The standard InChI is InChI=1S/C57H106O6/c1-4-7-10-13-16-18-20-22-24-25-26-27-28-29-30-31-32-33-34-36-37-39-41-44-47-50-56(59)62-53-54(52-61-55(58)49-46-43-15-12-9-6-3)63-57(60)51-48-45-42-40-38-35-23-21-19-17-14-11-8-5-2/h20,22,25-26,54H,4-19,21,23-24,27-53H2,1-3H3/b22-20-,26-25-. The summed E-state index contributed by atoms with van der Waals surface area (Å²) in [6.45, 7) is 6.60. The van der Waals surface area contributed by atoms with Gasteiger partial charge in [0.1, 0.15) is 13.2 Å². The zero-order valence-electron chi connectivity index (χ0n) is 42.4. The Morgan fingerprint density at radius 3 is 0.873 bits per heavy atom. The van der Waals surface area contributed by atoms with E-state index in [0.29, 0.717) is 19.3 Å². The van der Waals surface area contributed by atoms with Gasteiger partial charge in [0.25, 0.3) is 0 Å². The van der Waals surface area contributed by atoms with Gasteiger partial charge < -0.3 is 14.2 Å². The number of unbranched alkanes of at least 4 members (excludes halogenated alkanes) is 36. The molecule has 370 valence electrons. The molecule has 0 aromatic heterocycles. The van der Waals surface area contributed by atoms with E-state index in [-0.39, 0.29) is 31.1 Å². The Kier molecular flexibility index (Phi) is 50.8. The van der Waals surface area contributed by atoms with Gasteiger partial charge in [0, 0.05) is 19.3 Å². The summed E-state index contributed by atoms with van der Waals surface area (Å²) >= 11 is 0. The molecule has 1 atom stereocenters. The molecular formula is C57H106O6. The fourth-order valence-corrected chi connectivity index (χ4v) is 8.24. The summed E-state index contributed by atoms with van der Waals surface area (Å²) in [6, 6.07) is 0. The molecule has 0 amide bonds. The third kappa shape index (κ3) is 50.7. The van der Waals surface area contributed by atoms with Crippen LogP contribution in [-0.4, -0.2) is 37.2 Å². The molecule has 0 radical (unpaired) electrons. The maximum absolute atomic E-state index is 12.7. The zero-order valence-corrected chi connectivity index (χ0v) is 42.4. The summed E-state index contributed by atoms with van der Waals surface area (Å²) in [4.78, 5) is 37.8. The number of ether oxygens (including phenoxy) is 3. The van der Waals surface area contributed by atoms with Crippen LogP contribution in [-0.2, 0) is 28.6 Å². The number of hydrogen-bond donors (Lipinski definition) is 0. The normalized spacial score (nSPS) is 12.1. The lowest BCUT2D eigenvalue weighted by Crippen LogP contribution is -2.30. The van der Waals surface area contributed by atoms with Crippen molar-refractivity contribution in [2.75, 3.05) is 13.2 Å². The maximum atomic E-state index is 12.7. The van der Waals surface area contributed by atoms with Crippen molar-refractivity contribution in [3.8, 4) is 0 Å². The van der Waals surface area contributed by atoms with Gasteiger partial charge in [-0.15, -0.1) is 0 Å². The van der Waals surface area contributed by atoms with E-state index in [9.17, 15) is 14.4 Å². The lowest BCUT2D eigenvalue weighted by molar-refractivity contribution is -0.167. The smallest absolute Gasteiger partial charge is 0.306 e. The maximum Gasteiger partial charge on any atom is 0.306 e. The molecule has 0 heterocycles. The summed E-state index contributed by atoms with van der Waals surface area (Å²) in [7, 11) is 0. The van der Waals surface area contributed by atoms with Gasteiger partial charge in [0.15, 0.2) is 6.10 Å². The molecule has 0 spiro atoms. The molecule has 6 nitrogen and oxygen atoms in total. The third-order valence-corrected chi connectivity index (χ3v) is 12.5. The van der Waals surface area contributed by atoms with Crippen LogP contribution in [0.5, 0.6) is 0 Å². The lowest BCUT2D eigenvalue weighted by atomic mass is 10.0. The van der Waals surface area contributed by atoms with E-state index in [4.69, 9.17) is 14.2 Å². The van der Waals surface area contributed by atoms with Gasteiger partial charge in [-0.05, 0) is 51.4 Å². The molecule has 0 aromatic rings. The minimum absolute atomic E-state index is 0.0671. The van der Waals surface area contributed by atoms with E-state index in [1.807, 2.05) is 0 Å². The summed E-state index contributed by atoms with van der Waals surface area (Å²) < 4.78 is 16.7. The van der Waals surface area contributed by atoms with Crippen LogP contribution >= 0.6 is 0 Å². The molecule has 0 fully saturated rings. The fraction of sp³-hybridized carbons (Fsp3) is 0.877. The van der Waals surface area contributed by atoms with Crippen LogP contribution < -0.4 is 0 Å². The minimum atomic E-state index is -0.763. The van der Waals surface area contributed by atoms with Gasteiger partial charge in [0.05, 0.1) is 0 Å². The van der Waals surface area contributed by atoms with Crippen LogP contribution in [0, 0.1) is 0 Å². The predicted octanol–water partition coefficient (Wildman–Crippen LogP) is 18.3. The molecule has 0 N–H and O–H groups in total. The van der Waals surface area contributed by atoms with Crippen LogP contribution in [0.15, 0.2) is 24.3 Å². The van der Waals surface area contributed by atoms with Crippen molar-refractivity contribution in [2.45, 2.75) is 309 Å². The van der Waals surface area contributed by atoms with E-state index >= 15 is 0 Å². The summed E-state index contributed by atoms with van der Waals surface area (Å²) in [5, 5.41) is 0. The first-order valence-corrected chi connectivity index (χ1v) is 27.8. The Bertz CT molecular complexity index is 1020. The van der Waals surface area contributed by atoms with Gasteiger partial charge in [-0.25, -0.2) is 0 Å². The van der Waals surface area contributed by atoms with Gasteiger partial charge in [-0.1, -0.05) is 257 Å².